The molecular weight excluding hydrogens is 579 g/mol. The van der Waals surface area contributed by atoms with E-state index in [1.807, 2.05) is 17.2 Å². The first kappa shape index (κ1) is 30.1. The number of fused-ring (bicyclic) bond motifs is 1. The van der Waals surface area contributed by atoms with Gasteiger partial charge in [-0.25, -0.2) is 14.2 Å². The smallest absolute Gasteiger partial charge is 0.338 e. The number of benzene rings is 1. The van der Waals surface area contributed by atoms with Crippen LogP contribution in [0.4, 0.5) is 4.39 Å². The standard InChI is InChI=1S/C29H35FN6O4S2/c1-4-18(27(37)38)13-35-15-19-14-34(10-11-36(19)29(35)41)16-22-23(28(39)40-5-2)24(20-7-6-8-21(30)17(20)3)33-25(32-22)26-31-9-12-42-26/h6-9,12,18-19,24H,4-5,10-11,13-16H2,1-3H3,(H,32,33)(H,37,38)/t18?,19?,24-/m0/s1. The summed E-state index contributed by atoms with van der Waals surface area (Å²) in [6.07, 6.45) is 2.23. The van der Waals surface area contributed by atoms with Gasteiger partial charge in [0.15, 0.2) is 16.0 Å². The maximum Gasteiger partial charge on any atom is 0.338 e. The van der Waals surface area contributed by atoms with Crippen molar-refractivity contribution in [3.05, 3.63) is 63.0 Å². The number of aliphatic carboxylic acids is 1. The summed E-state index contributed by atoms with van der Waals surface area (Å²) in [6, 6.07) is 4.15. The Morgan fingerprint density at radius 1 is 1.29 bits per heavy atom. The lowest BCUT2D eigenvalue weighted by Crippen LogP contribution is -2.53. The fourth-order valence-electron chi connectivity index (χ4n) is 5.77. The number of amidine groups is 1. The summed E-state index contributed by atoms with van der Waals surface area (Å²) < 4.78 is 20.2. The lowest BCUT2D eigenvalue weighted by atomic mass is 9.92. The molecule has 2 unspecified atom stereocenters. The van der Waals surface area contributed by atoms with Gasteiger partial charge in [-0.2, -0.15) is 0 Å². The second-order valence-electron chi connectivity index (χ2n) is 10.6. The van der Waals surface area contributed by atoms with Crippen LogP contribution in [-0.4, -0.2) is 99.6 Å². The van der Waals surface area contributed by atoms with E-state index in [0.717, 1.165) is 0 Å². The third-order valence-electron chi connectivity index (χ3n) is 8.04. The molecule has 3 aliphatic heterocycles. The van der Waals surface area contributed by atoms with Crippen molar-refractivity contribution in [1.29, 1.82) is 0 Å². The zero-order valence-corrected chi connectivity index (χ0v) is 25.5. The van der Waals surface area contributed by atoms with E-state index in [0.29, 0.717) is 84.0 Å². The number of rotatable bonds is 10. The summed E-state index contributed by atoms with van der Waals surface area (Å²) in [5.41, 5.74) is 2.01. The van der Waals surface area contributed by atoms with Gasteiger partial charge in [0.1, 0.15) is 11.9 Å². The van der Waals surface area contributed by atoms with Gasteiger partial charge in [-0.1, -0.05) is 19.1 Å². The maximum atomic E-state index is 14.7. The van der Waals surface area contributed by atoms with Crippen LogP contribution in [0.5, 0.6) is 0 Å². The summed E-state index contributed by atoms with van der Waals surface area (Å²) in [7, 11) is 0. The van der Waals surface area contributed by atoms with Crippen molar-refractivity contribution in [3.63, 3.8) is 0 Å². The van der Waals surface area contributed by atoms with E-state index in [-0.39, 0.29) is 18.5 Å². The summed E-state index contributed by atoms with van der Waals surface area (Å²) >= 11 is 7.16. The third kappa shape index (κ3) is 6.04. The summed E-state index contributed by atoms with van der Waals surface area (Å²) in [6.45, 7) is 9.01. The Balaban J connectivity index is 1.45. The van der Waals surface area contributed by atoms with Gasteiger partial charge < -0.3 is 25.0 Å². The minimum absolute atomic E-state index is 0.0983. The fraction of sp³-hybridized carbons (Fsp3) is 0.483. The van der Waals surface area contributed by atoms with Crippen molar-refractivity contribution in [2.24, 2.45) is 10.9 Å². The highest BCUT2D eigenvalue weighted by atomic mass is 32.1. The Morgan fingerprint density at radius 2 is 2.10 bits per heavy atom. The average Bonchev–Trinajstić information content (AvgIpc) is 3.61. The topological polar surface area (TPSA) is 111 Å². The van der Waals surface area contributed by atoms with Gasteiger partial charge >= 0.3 is 11.9 Å². The molecule has 13 heteroatoms. The quantitative estimate of drug-likeness (QED) is 0.306. The van der Waals surface area contributed by atoms with Crippen LogP contribution < -0.4 is 5.32 Å². The van der Waals surface area contributed by atoms with Gasteiger partial charge in [-0.15, -0.1) is 11.3 Å². The number of esters is 1. The maximum absolute atomic E-state index is 14.7. The molecule has 1 aromatic heterocycles. The van der Waals surface area contributed by atoms with Gasteiger partial charge in [0.05, 0.1) is 24.1 Å². The second kappa shape index (κ2) is 12.8. The number of hydrogen-bond donors (Lipinski definition) is 2. The third-order valence-corrected chi connectivity index (χ3v) is 9.31. The number of thiocarbonyl (C=S) groups is 1. The molecule has 10 nitrogen and oxygen atoms in total. The monoisotopic (exact) mass is 614 g/mol. The molecule has 2 saturated heterocycles. The lowest BCUT2D eigenvalue weighted by Gasteiger charge is -2.38. The number of carbonyl (C=O) groups is 2. The molecule has 0 aliphatic carbocycles. The van der Waals surface area contributed by atoms with Crippen LogP contribution in [0.2, 0.25) is 0 Å². The van der Waals surface area contributed by atoms with E-state index < -0.39 is 23.9 Å². The van der Waals surface area contributed by atoms with Crippen molar-refractivity contribution in [2.45, 2.75) is 39.3 Å². The van der Waals surface area contributed by atoms with Gasteiger partial charge in [0.2, 0.25) is 0 Å². The van der Waals surface area contributed by atoms with Crippen LogP contribution in [-0.2, 0) is 14.3 Å². The number of carboxylic acids is 1. The van der Waals surface area contributed by atoms with Crippen LogP contribution >= 0.6 is 23.6 Å². The zero-order chi connectivity index (χ0) is 30.0. The molecule has 0 spiro atoms. The van der Waals surface area contributed by atoms with Crippen molar-refractivity contribution in [2.75, 3.05) is 45.9 Å². The van der Waals surface area contributed by atoms with E-state index in [9.17, 15) is 19.1 Å². The van der Waals surface area contributed by atoms with Crippen molar-refractivity contribution >= 4 is 46.4 Å². The number of thiazole rings is 1. The number of halogens is 1. The Kier molecular flexibility index (Phi) is 9.19. The second-order valence-corrected chi connectivity index (χ2v) is 11.9. The average molecular weight is 615 g/mol. The van der Waals surface area contributed by atoms with Crippen LogP contribution in [0.3, 0.4) is 0 Å². The number of aliphatic imine (C=N–C) groups is 1. The van der Waals surface area contributed by atoms with Gasteiger partial charge in [-0.05, 0) is 49.7 Å². The van der Waals surface area contributed by atoms with Crippen LogP contribution in [0, 0.1) is 18.7 Å². The van der Waals surface area contributed by atoms with E-state index in [2.05, 4.69) is 20.1 Å². The van der Waals surface area contributed by atoms with E-state index in [1.165, 1.54) is 17.4 Å². The van der Waals surface area contributed by atoms with Crippen LogP contribution in [0.25, 0.3) is 0 Å². The molecule has 3 atom stereocenters. The van der Waals surface area contributed by atoms with E-state index >= 15 is 0 Å². The van der Waals surface area contributed by atoms with Crippen molar-refractivity contribution in [1.82, 2.24) is 25.0 Å². The molecule has 0 bridgehead atoms. The number of carbonyl (C=O) groups excluding carboxylic acids is 1. The number of carboxylic acid groups (broad SMARTS) is 1. The number of hydrogen-bond acceptors (Lipinski definition) is 9. The predicted octanol–water partition coefficient (Wildman–Crippen LogP) is 3.20. The minimum Gasteiger partial charge on any atom is -0.481 e. The molecule has 3 aliphatic rings. The first-order valence-electron chi connectivity index (χ1n) is 14.1. The molecule has 42 heavy (non-hydrogen) atoms. The highest BCUT2D eigenvalue weighted by Crippen LogP contribution is 2.36. The number of ether oxygens (including phenoxy) is 1. The Hall–Kier alpha value is -3.42. The zero-order valence-electron chi connectivity index (χ0n) is 23.9. The van der Waals surface area contributed by atoms with Crippen molar-refractivity contribution < 1.29 is 23.8 Å². The molecule has 0 radical (unpaired) electrons. The SMILES string of the molecule is CCOC(=O)C1=C(CN2CCN3C(=S)N(CC(CC)C(=O)O)CC3C2)NC(c2nccs2)=N[C@H]1c1cccc(F)c1C. The van der Waals surface area contributed by atoms with Crippen molar-refractivity contribution in [3.8, 4) is 0 Å². The molecule has 2 fully saturated rings. The normalized spacial score (nSPS) is 21.6. The van der Waals surface area contributed by atoms with E-state index in [1.54, 1.807) is 32.2 Å². The summed E-state index contributed by atoms with van der Waals surface area (Å²) in [4.78, 5) is 40.9. The van der Waals surface area contributed by atoms with Gasteiger partial charge in [0.25, 0.3) is 0 Å². The molecule has 2 aromatic rings. The number of nitrogens with zero attached hydrogens (tertiary/aromatic N) is 5. The minimum atomic E-state index is -0.811. The van der Waals surface area contributed by atoms with Gasteiger partial charge in [-0.3, -0.25) is 14.7 Å². The highest BCUT2D eigenvalue weighted by Gasteiger charge is 2.41. The number of nitrogens with one attached hydrogen (secondary N) is 1. The van der Waals surface area contributed by atoms with Crippen LogP contribution in [0.1, 0.15) is 42.4 Å². The van der Waals surface area contributed by atoms with Gasteiger partial charge in [0, 0.05) is 56.5 Å². The molecule has 1 aromatic carbocycles. The Bertz CT molecular complexity index is 1410. The molecule has 2 N–H and O–H groups in total. The molecule has 224 valence electrons. The molecule has 4 heterocycles. The fourth-order valence-corrected chi connectivity index (χ4v) is 6.75. The first-order valence-corrected chi connectivity index (χ1v) is 15.4. The molecule has 0 amide bonds. The Morgan fingerprint density at radius 3 is 2.79 bits per heavy atom. The van der Waals surface area contributed by atoms with Crippen LogP contribution in [0.15, 0.2) is 46.0 Å². The number of aromatic nitrogens is 1. The Labute approximate surface area is 253 Å². The lowest BCUT2D eigenvalue weighted by molar-refractivity contribution is -0.142. The highest BCUT2D eigenvalue weighted by molar-refractivity contribution is 7.80. The molecule has 0 saturated carbocycles. The van der Waals surface area contributed by atoms with E-state index in [4.69, 9.17) is 21.9 Å². The largest absolute Gasteiger partial charge is 0.481 e. The molecular formula is C29H35FN6O4S2. The first-order chi connectivity index (χ1) is 20.2. The summed E-state index contributed by atoms with van der Waals surface area (Å²) in [5.74, 6) is -1.63. The summed E-state index contributed by atoms with van der Waals surface area (Å²) in [5, 5.41) is 16.2. The predicted molar refractivity (Wildman–Crippen MR) is 162 cm³/mol. The number of piperazine rings is 1. The molecule has 5 rings (SSSR count).